The molecule has 0 bridgehead atoms. The lowest BCUT2D eigenvalue weighted by Crippen LogP contribution is -2.34. The number of aryl methyl sites for hydroxylation is 1. The molecule has 19 heavy (non-hydrogen) atoms. The van der Waals surface area contributed by atoms with Gasteiger partial charge in [-0.3, -0.25) is 0 Å². The van der Waals surface area contributed by atoms with Crippen LogP contribution in [0.4, 0.5) is 0 Å². The second-order valence-corrected chi connectivity index (χ2v) is 6.33. The van der Waals surface area contributed by atoms with E-state index in [9.17, 15) is 0 Å². The summed E-state index contributed by atoms with van der Waals surface area (Å²) in [6, 6.07) is 2.71. The number of nitrogens with zero attached hydrogens (tertiary/aromatic N) is 2. The van der Waals surface area contributed by atoms with Crippen LogP contribution in [0.2, 0.25) is 0 Å². The van der Waals surface area contributed by atoms with Crippen molar-refractivity contribution in [3.05, 3.63) is 23.0 Å². The summed E-state index contributed by atoms with van der Waals surface area (Å²) in [5, 5.41) is 4.86. The van der Waals surface area contributed by atoms with Gasteiger partial charge in [0, 0.05) is 22.2 Å². The molecule has 0 radical (unpaired) electrons. The number of aromatic nitrogens is 2. The monoisotopic (exact) mass is 277 g/mol. The van der Waals surface area contributed by atoms with Crippen LogP contribution in [0.15, 0.2) is 12.4 Å². The standard InChI is InChI=1S/C15H23N3S/c1-5-7-16-13(6-2)11(4)14-12-8-10(3)19-15(12)18-9-17-14/h8-9,11,13,16H,5-7H2,1-4H3. The highest BCUT2D eigenvalue weighted by molar-refractivity contribution is 7.18. The van der Waals surface area contributed by atoms with Gasteiger partial charge in [-0.25, -0.2) is 9.97 Å². The molecule has 2 unspecified atom stereocenters. The summed E-state index contributed by atoms with van der Waals surface area (Å²) in [4.78, 5) is 11.3. The molecule has 1 N–H and O–H groups in total. The molecule has 0 saturated carbocycles. The molecule has 0 aliphatic heterocycles. The normalized spacial score (nSPS) is 14.7. The lowest BCUT2D eigenvalue weighted by Gasteiger charge is -2.24. The molecule has 0 amide bonds. The zero-order valence-electron chi connectivity index (χ0n) is 12.2. The number of nitrogens with one attached hydrogen (secondary N) is 1. The van der Waals surface area contributed by atoms with E-state index in [2.05, 4.69) is 49.0 Å². The minimum absolute atomic E-state index is 0.413. The number of thiophene rings is 1. The average molecular weight is 277 g/mol. The Bertz CT molecular complexity index is 535. The molecule has 2 aromatic heterocycles. The Balaban J connectivity index is 2.31. The maximum absolute atomic E-state index is 4.55. The van der Waals surface area contributed by atoms with Gasteiger partial charge in [-0.2, -0.15) is 0 Å². The van der Waals surface area contributed by atoms with E-state index >= 15 is 0 Å². The third-order valence-electron chi connectivity index (χ3n) is 3.61. The van der Waals surface area contributed by atoms with Crippen molar-refractivity contribution in [2.24, 2.45) is 0 Å². The molecular formula is C15H23N3S. The molecule has 0 spiro atoms. The van der Waals surface area contributed by atoms with E-state index in [0.717, 1.165) is 17.8 Å². The summed E-state index contributed by atoms with van der Waals surface area (Å²) >= 11 is 1.75. The van der Waals surface area contributed by atoms with Crippen molar-refractivity contribution < 1.29 is 0 Å². The highest BCUT2D eigenvalue weighted by Crippen LogP contribution is 2.30. The molecule has 3 nitrogen and oxygen atoms in total. The average Bonchev–Trinajstić information content (AvgIpc) is 2.79. The summed E-state index contributed by atoms with van der Waals surface area (Å²) in [7, 11) is 0. The van der Waals surface area contributed by atoms with Crippen LogP contribution in [-0.4, -0.2) is 22.6 Å². The van der Waals surface area contributed by atoms with Crippen molar-refractivity contribution in [3.63, 3.8) is 0 Å². The fraction of sp³-hybridized carbons (Fsp3) is 0.600. The fourth-order valence-corrected chi connectivity index (χ4v) is 3.41. The van der Waals surface area contributed by atoms with Crippen LogP contribution < -0.4 is 5.32 Å². The zero-order valence-corrected chi connectivity index (χ0v) is 13.0. The van der Waals surface area contributed by atoms with E-state index in [-0.39, 0.29) is 0 Å². The van der Waals surface area contributed by atoms with E-state index in [1.165, 1.54) is 22.4 Å². The molecule has 4 heteroatoms. The molecule has 0 aliphatic carbocycles. The number of hydrogen-bond donors (Lipinski definition) is 1. The van der Waals surface area contributed by atoms with Gasteiger partial charge in [0.05, 0.1) is 5.69 Å². The summed E-state index contributed by atoms with van der Waals surface area (Å²) in [5.74, 6) is 0.413. The summed E-state index contributed by atoms with van der Waals surface area (Å²) in [5.41, 5.74) is 1.19. The third kappa shape index (κ3) is 3.12. The number of fused-ring (bicyclic) bond motifs is 1. The van der Waals surface area contributed by atoms with Gasteiger partial charge < -0.3 is 5.32 Å². The molecule has 2 rings (SSSR count). The Labute approximate surface area is 119 Å². The van der Waals surface area contributed by atoms with Gasteiger partial charge in [0.15, 0.2) is 0 Å². The Morgan fingerprint density at radius 1 is 1.32 bits per heavy atom. The molecule has 0 aliphatic rings. The molecule has 2 heterocycles. The summed E-state index contributed by atoms with van der Waals surface area (Å²) < 4.78 is 0. The molecular weight excluding hydrogens is 254 g/mol. The SMILES string of the molecule is CCCNC(CC)C(C)c1ncnc2sc(C)cc12. The van der Waals surface area contributed by atoms with Gasteiger partial charge in [-0.1, -0.05) is 20.8 Å². The zero-order chi connectivity index (χ0) is 13.8. The predicted molar refractivity (Wildman–Crippen MR) is 82.9 cm³/mol. The minimum Gasteiger partial charge on any atom is -0.313 e. The maximum Gasteiger partial charge on any atom is 0.127 e. The van der Waals surface area contributed by atoms with Crippen molar-refractivity contribution >= 4 is 21.6 Å². The van der Waals surface area contributed by atoms with E-state index in [4.69, 9.17) is 0 Å². The van der Waals surface area contributed by atoms with Crippen molar-refractivity contribution in [3.8, 4) is 0 Å². The first kappa shape index (κ1) is 14.4. The molecule has 0 fully saturated rings. The maximum atomic E-state index is 4.55. The predicted octanol–water partition coefficient (Wildman–Crippen LogP) is 3.88. The van der Waals surface area contributed by atoms with Crippen LogP contribution in [0, 0.1) is 6.92 Å². The summed E-state index contributed by atoms with van der Waals surface area (Å²) in [6.07, 6.45) is 3.99. The molecule has 2 aromatic rings. The number of rotatable bonds is 6. The smallest absolute Gasteiger partial charge is 0.127 e. The van der Waals surface area contributed by atoms with Crippen molar-refractivity contribution in [1.29, 1.82) is 0 Å². The van der Waals surface area contributed by atoms with Crippen LogP contribution in [0.3, 0.4) is 0 Å². The Kier molecular flexibility index (Phi) is 4.88. The van der Waals surface area contributed by atoms with E-state index < -0.39 is 0 Å². The van der Waals surface area contributed by atoms with Gasteiger partial charge in [0.2, 0.25) is 0 Å². The van der Waals surface area contributed by atoms with Crippen molar-refractivity contribution in [1.82, 2.24) is 15.3 Å². The van der Waals surface area contributed by atoms with Gasteiger partial charge in [-0.05, 0) is 32.4 Å². The largest absolute Gasteiger partial charge is 0.313 e. The summed E-state index contributed by atoms with van der Waals surface area (Å²) in [6.45, 7) is 9.91. The van der Waals surface area contributed by atoms with Crippen LogP contribution in [-0.2, 0) is 0 Å². The van der Waals surface area contributed by atoms with E-state index in [0.29, 0.717) is 12.0 Å². The van der Waals surface area contributed by atoms with Crippen LogP contribution in [0.1, 0.15) is 50.1 Å². The minimum atomic E-state index is 0.413. The molecule has 2 atom stereocenters. The Morgan fingerprint density at radius 3 is 2.79 bits per heavy atom. The highest BCUT2D eigenvalue weighted by atomic mass is 32.1. The highest BCUT2D eigenvalue weighted by Gasteiger charge is 2.20. The Hall–Kier alpha value is -1.00. The lowest BCUT2D eigenvalue weighted by molar-refractivity contribution is 0.434. The lowest BCUT2D eigenvalue weighted by atomic mass is 9.94. The van der Waals surface area contributed by atoms with Gasteiger partial charge in [0.25, 0.3) is 0 Å². The second-order valence-electron chi connectivity index (χ2n) is 5.09. The van der Waals surface area contributed by atoms with Crippen LogP contribution >= 0.6 is 11.3 Å². The molecule has 0 aromatic carbocycles. The van der Waals surface area contributed by atoms with Gasteiger partial charge >= 0.3 is 0 Å². The van der Waals surface area contributed by atoms with Crippen LogP contribution in [0.25, 0.3) is 10.2 Å². The van der Waals surface area contributed by atoms with Gasteiger partial charge in [0.1, 0.15) is 11.2 Å². The van der Waals surface area contributed by atoms with Crippen molar-refractivity contribution in [2.75, 3.05) is 6.54 Å². The Morgan fingerprint density at radius 2 is 2.11 bits per heavy atom. The third-order valence-corrected chi connectivity index (χ3v) is 4.57. The molecule has 104 valence electrons. The first-order chi connectivity index (χ1) is 9.17. The fourth-order valence-electron chi connectivity index (χ4n) is 2.55. The van der Waals surface area contributed by atoms with Crippen LogP contribution in [0.5, 0.6) is 0 Å². The quantitative estimate of drug-likeness (QED) is 0.870. The first-order valence-electron chi connectivity index (χ1n) is 7.11. The van der Waals surface area contributed by atoms with Gasteiger partial charge in [-0.15, -0.1) is 11.3 Å². The topological polar surface area (TPSA) is 37.8 Å². The van der Waals surface area contributed by atoms with Crippen molar-refractivity contribution in [2.45, 2.75) is 52.5 Å². The number of hydrogen-bond acceptors (Lipinski definition) is 4. The molecule has 0 saturated heterocycles. The first-order valence-corrected chi connectivity index (χ1v) is 7.93. The second kappa shape index (κ2) is 6.44. The van der Waals surface area contributed by atoms with E-state index in [1.807, 2.05) is 0 Å². The van der Waals surface area contributed by atoms with E-state index in [1.54, 1.807) is 17.7 Å².